The van der Waals surface area contributed by atoms with Crippen molar-refractivity contribution in [3.05, 3.63) is 70.7 Å². The van der Waals surface area contributed by atoms with Crippen LogP contribution in [-0.4, -0.2) is 36.1 Å². The Morgan fingerprint density at radius 2 is 1.74 bits per heavy atom. The SMILES string of the molecule is Cc1ccc(O)cc1C=C(CNC(=O)OCc1ccccc1)B1OC(C)(C)C(C)(C)O1. The number of phenols is 1. The van der Waals surface area contributed by atoms with Crippen molar-refractivity contribution in [2.75, 3.05) is 6.54 Å². The third-order valence-corrected chi connectivity index (χ3v) is 5.81. The smallest absolute Gasteiger partial charge is 0.492 e. The summed E-state index contributed by atoms with van der Waals surface area (Å²) >= 11 is 0. The van der Waals surface area contributed by atoms with E-state index in [1.54, 1.807) is 12.1 Å². The number of phenolic OH excluding ortho intramolecular Hbond substituents is 1. The van der Waals surface area contributed by atoms with Crippen LogP contribution in [0, 0.1) is 6.92 Å². The summed E-state index contributed by atoms with van der Waals surface area (Å²) in [4.78, 5) is 12.3. The highest BCUT2D eigenvalue weighted by Gasteiger charge is 2.52. The van der Waals surface area contributed by atoms with E-state index in [4.69, 9.17) is 14.0 Å². The lowest BCUT2D eigenvalue weighted by Crippen LogP contribution is -2.41. The van der Waals surface area contributed by atoms with Crippen LogP contribution in [0.1, 0.15) is 44.4 Å². The van der Waals surface area contributed by atoms with Gasteiger partial charge in [-0.15, -0.1) is 0 Å². The molecule has 2 aromatic carbocycles. The molecule has 1 aliphatic heterocycles. The highest BCUT2D eigenvalue weighted by atomic mass is 16.7. The summed E-state index contributed by atoms with van der Waals surface area (Å²) in [6.45, 7) is 10.2. The third kappa shape index (κ3) is 5.68. The summed E-state index contributed by atoms with van der Waals surface area (Å²) in [5.74, 6) is 0.167. The highest BCUT2D eigenvalue weighted by Crippen LogP contribution is 2.39. The minimum Gasteiger partial charge on any atom is -0.508 e. The normalized spacial score (nSPS) is 17.5. The molecule has 1 fully saturated rings. The number of aryl methyl sites for hydroxylation is 1. The van der Waals surface area contributed by atoms with Crippen LogP contribution in [0.5, 0.6) is 5.75 Å². The average Bonchev–Trinajstić information content (AvgIpc) is 2.94. The summed E-state index contributed by atoms with van der Waals surface area (Å²) in [6.07, 6.45) is 1.35. The number of ether oxygens (including phenoxy) is 1. The first kappa shape index (κ1) is 22.9. The number of carbonyl (C=O) groups excluding carboxylic acids is 1. The summed E-state index contributed by atoms with van der Waals surface area (Å²) in [6, 6.07) is 14.6. The van der Waals surface area contributed by atoms with E-state index >= 15 is 0 Å². The van der Waals surface area contributed by atoms with Crippen molar-refractivity contribution >= 4 is 19.3 Å². The molecular formula is C24H30BNO5. The molecule has 1 aliphatic rings. The van der Waals surface area contributed by atoms with Gasteiger partial charge < -0.3 is 24.5 Å². The van der Waals surface area contributed by atoms with Crippen molar-refractivity contribution in [2.24, 2.45) is 0 Å². The van der Waals surface area contributed by atoms with Crippen LogP contribution in [0.2, 0.25) is 0 Å². The standard InChI is InChI=1S/C24H30BNO5/c1-17-11-12-21(27)14-19(17)13-20(25-30-23(2,3)24(4,5)31-25)15-26-22(28)29-16-18-9-7-6-8-10-18/h6-14,27H,15-16H2,1-5H3,(H,26,28). The second-order valence-electron chi connectivity index (χ2n) is 8.76. The zero-order valence-corrected chi connectivity index (χ0v) is 18.8. The van der Waals surface area contributed by atoms with Crippen molar-refractivity contribution in [1.29, 1.82) is 0 Å². The molecule has 2 aromatic rings. The molecule has 1 heterocycles. The molecule has 3 rings (SSSR count). The van der Waals surface area contributed by atoms with Gasteiger partial charge in [-0.05, 0) is 68.9 Å². The molecule has 0 unspecified atom stereocenters. The number of amides is 1. The van der Waals surface area contributed by atoms with E-state index < -0.39 is 24.4 Å². The Kier molecular flexibility index (Phi) is 6.77. The Morgan fingerprint density at radius 1 is 1.10 bits per heavy atom. The number of nitrogens with one attached hydrogen (secondary N) is 1. The van der Waals surface area contributed by atoms with Crippen LogP contribution in [-0.2, 0) is 20.7 Å². The second-order valence-corrected chi connectivity index (χ2v) is 8.76. The molecule has 0 aromatic heterocycles. The minimum atomic E-state index is -0.638. The number of benzene rings is 2. The van der Waals surface area contributed by atoms with Gasteiger partial charge in [-0.3, -0.25) is 0 Å². The Balaban J connectivity index is 1.75. The van der Waals surface area contributed by atoms with Crippen molar-refractivity contribution in [2.45, 2.75) is 52.4 Å². The largest absolute Gasteiger partial charge is 0.508 e. The molecule has 164 valence electrons. The quantitative estimate of drug-likeness (QED) is 0.662. The summed E-state index contributed by atoms with van der Waals surface area (Å²) in [5, 5.41) is 12.7. The number of rotatable bonds is 6. The minimum absolute atomic E-state index is 0.167. The fraction of sp³-hybridized carbons (Fsp3) is 0.375. The van der Waals surface area contributed by atoms with E-state index in [-0.39, 0.29) is 18.9 Å². The second kappa shape index (κ2) is 9.16. The van der Waals surface area contributed by atoms with Crippen LogP contribution in [0.4, 0.5) is 4.79 Å². The third-order valence-electron chi connectivity index (χ3n) is 5.81. The van der Waals surface area contributed by atoms with Crippen LogP contribution >= 0.6 is 0 Å². The van der Waals surface area contributed by atoms with Gasteiger partial charge in [0.25, 0.3) is 0 Å². The molecule has 0 spiro atoms. The predicted octanol–water partition coefficient (Wildman–Crippen LogP) is 4.64. The van der Waals surface area contributed by atoms with Crippen LogP contribution in [0.3, 0.4) is 0 Å². The lowest BCUT2D eigenvalue weighted by molar-refractivity contribution is 0.00578. The maximum Gasteiger partial charge on any atom is 0.492 e. The van der Waals surface area contributed by atoms with Crippen molar-refractivity contribution in [3.63, 3.8) is 0 Å². The molecule has 7 heteroatoms. The molecule has 31 heavy (non-hydrogen) atoms. The summed E-state index contributed by atoms with van der Waals surface area (Å²) in [5.41, 5.74) is 2.41. The molecular weight excluding hydrogens is 393 g/mol. The zero-order chi connectivity index (χ0) is 22.6. The van der Waals surface area contributed by atoms with Gasteiger partial charge in [-0.2, -0.15) is 0 Å². The molecule has 1 saturated heterocycles. The molecule has 0 saturated carbocycles. The predicted molar refractivity (Wildman–Crippen MR) is 122 cm³/mol. The Morgan fingerprint density at radius 3 is 2.39 bits per heavy atom. The fourth-order valence-electron chi connectivity index (χ4n) is 3.13. The van der Waals surface area contributed by atoms with Gasteiger partial charge in [0.15, 0.2) is 0 Å². The van der Waals surface area contributed by atoms with Gasteiger partial charge in [0.1, 0.15) is 12.4 Å². The van der Waals surface area contributed by atoms with Crippen molar-refractivity contribution < 1.29 is 23.9 Å². The summed E-state index contributed by atoms with van der Waals surface area (Å²) < 4.78 is 17.7. The van der Waals surface area contributed by atoms with Crippen molar-refractivity contribution in [3.8, 4) is 5.75 Å². The monoisotopic (exact) mass is 423 g/mol. The number of carbonyl (C=O) groups is 1. The Hall–Kier alpha value is -2.77. The molecule has 2 N–H and O–H groups in total. The lowest BCUT2D eigenvalue weighted by atomic mass is 9.76. The molecule has 0 atom stereocenters. The van der Waals surface area contributed by atoms with Crippen molar-refractivity contribution in [1.82, 2.24) is 5.32 Å². The van der Waals surface area contributed by atoms with E-state index in [2.05, 4.69) is 5.32 Å². The van der Waals surface area contributed by atoms with Crippen LogP contribution in [0.25, 0.3) is 6.08 Å². The zero-order valence-electron chi connectivity index (χ0n) is 18.8. The van der Waals surface area contributed by atoms with Gasteiger partial charge in [-0.25, -0.2) is 4.79 Å². The first-order valence-corrected chi connectivity index (χ1v) is 10.4. The van der Waals surface area contributed by atoms with E-state index in [1.807, 2.05) is 77.1 Å². The maximum atomic E-state index is 12.3. The Labute approximate surface area is 184 Å². The van der Waals surface area contributed by atoms with Gasteiger partial charge >= 0.3 is 13.2 Å². The van der Waals surface area contributed by atoms with E-state index in [9.17, 15) is 9.90 Å². The molecule has 6 nitrogen and oxygen atoms in total. The van der Waals surface area contributed by atoms with Gasteiger partial charge in [-0.1, -0.05) is 42.5 Å². The van der Waals surface area contributed by atoms with E-state index in [0.29, 0.717) is 0 Å². The highest BCUT2D eigenvalue weighted by molar-refractivity contribution is 6.56. The molecule has 0 radical (unpaired) electrons. The molecule has 0 bridgehead atoms. The average molecular weight is 423 g/mol. The number of hydrogen-bond acceptors (Lipinski definition) is 5. The van der Waals surface area contributed by atoms with E-state index in [0.717, 1.165) is 22.2 Å². The molecule has 1 amide bonds. The topological polar surface area (TPSA) is 77.0 Å². The summed E-state index contributed by atoms with van der Waals surface area (Å²) in [7, 11) is -0.638. The van der Waals surface area contributed by atoms with Gasteiger partial charge in [0.05, 0.1) is 11.2 Å². The first-order valence-electron chi connectivity index (χ1n) is 10.4. The number of alkyl carbamates (subject to hydrolysis) is 1. The van der Waals surface area contributed by atoms with Crippen LogP contribution in [0.15, 0.2) is 54.0 Å². The number of hydrogen-bond donors (Lipinski definition) is 2. The van der Waals surface area contributed by atoms with E-state index in [1.165, 1.54) is 0 Å². The molecule has 0 aliphatic carbocycles. The first-order chi connectivity index (χ1) is 14.6. The van der Waals surface area contributed by atoms with Gasteiger partial charge in [0.2, 0.25) is 0 Å². The number of aromatic hydroxyl groups is 1. The maximum absolute atomic E-state index is 12.3. The fourth-order valence-corrected chi connectivity index (χ4v) is 3.13. The van der Waals surface area contributed by atoms with Gasteiger partial charge in [0, 0.05) is 6.54 Å². The van der Waals surface area contributed by atoms with Crippen LogP contribution < -0.4 is 5.32 Å². The Bertz CT molecular complexity index is 940. The lowest BCUT2D eigenvalue weighted by Gasteiger charge is -2.32.